The Labute approximate surface area is 111 Å². The molecule has 1 aliphatic carbocycles. The van der Waals surface area contributed by atoms with Crippen molar-refractivity contribution in [3.8, 4) is 0 Å². The zero-order valence-electron chi connectivity index (χ0n) is 12.1. The van der Waals surface area contributed by atoms with Gasteiger partial charge in [-0.05, 0) is 45.7 Å². The molecule has 1 fully saturated rings. The molecule has 1 aliphatic rings. The second kappa shape index (κ2) is 7.10. The predicted molar refractivity (Wildman–Crippen MR) is 73.3 cm³/mol. The summed E-state index contributed by atoms with van der Waals surface area (Å²) in [6, 6.07) is 0.378. The summed E-state index contributed by atoms with van der Waals surface area (Å²) in [5.41, 5.74) is 0. The number of aliphatic hydroxyl groups is 1. The first kappa shape index (κ1) is 15.4. The van der Waals surface area contributed by atoms with Crippen LogP contribution in [0.1, 0.15) is 39.5 Å². The molecule has 0 aromatic heterocycles. The fraction of sp³-hybridized carbons (Fsp3) is 0.929. The first-order chi connectivity index (χ1) is 8.41. The summed E-state index contributed by atoms with van der Waals surface area (Å²) in [4.78, 5) is 14.2. The second-order valence-electron chi connectivity index (χ2n) is 6.03. The number of hydrogen-bond donors (Lipinski definition) is 2. The van der Waals surface area contributed by atoms with Gasteiger partial charge in [0.2, 0.25) is 5.91 Å². The number of likely N-dealkylation sites (N-methyl/N-ethyl adjacent to an activating group) is 1. The lowest BCUT2D eigenvalue weighted by Gasteiger charge is -2.30. The number of aliphatic hydroxyl groups excluding tert-OH is 1. The maximum atomic E-state index is 12.0. The van der Waals surface area contributed by atoms with Gasteiger partial charge in [-0.2, -0.15) is 0 Å². The molecule has 0 aromatic rings. The molecule has 0 bridgehead atoms. The number of amides is 1. The molecule has 0 heterocycles. The van der Waals surface area contributed by atoms with Gasteiger partial charge in [0, 0.05) is 18.5 Å². The Bertz CT molecular complexity index is 251. The van der Waals surface area contributed by atoms with Gasteiger partial charge in [-0.25, -0.2) is 0 Å². The number of carbonyl (C=O) groups excluding carboxylic acids is 1. The first-order valence-electron chi connectivity index (χ1n) is 7.04. The van der Waals surface area contributed by atoms with E-state index < -0.39 is 0 Å². The van der Waals surface area contributed by atoms with Crippen molar-refractivity contribution in [3.63, 3.8) is 0 Å². The summed E-state index contributed by atoms with van der Waals surface area (Å²) in [5.74, 6) is 0.784. The van der Waals surface area contributed by atoms with Crippen molar-refractivity contribution >= 4 is 5.91 Å². The smallest absolute Gasteiger partial charge is 0.223 e. The lowest BCUT2D eigenvalue weighted by Crippen LogP contribution is -2.45. The number of rotatable bonds is 5. The quantitative estimate of drug-likeness (QED) is 0.778. The molecule has 0 aromatic carbocycles. The van der Waals surface area contributed by atoms with Gasteiger partial charge in [-0.1, -0.05) is 13.8 Å². The molecule has 1 atom stereocenters. The van der Waals surface area contributed by atoms with Crippen LogP contribution in [0.25, 0.3) is 0 Å². The van der Waals surface area contributed by atoms with E-state index in [4.69, 9.17) is 0 Å². The minimum atomic E-state index is -0.195. The average molecular weight is 256 g/mol. The van der Waals surface area contributed by atoms with Gasteiger partial charge in [0.15, 0.2) is 0 Å². The third-order valence-electron chi connectivity index (χ3n) is 3.99. The van der Waals surface area contributed by atoms with Crippen LogP contribution in [0.3, 0.4) is 0 Å². The summed E-state index contributed by atoms with van der Waals surface area (Å²) in [6.45, 7) is 5.06. The van der Waals surface area contributed by atoms with Crippen LogP contribution in [0.15, 0.2) is 0 Å². The van der Waals surface area contributed by atoms with E-state index in [1.807, 2.05) is 14.1 Å². The number of hydrogen-bond acceptors (Lipinski definition) is 3. The zero-order valence-corrected chi connectivity index (χ0v) is 12.1. The van der Waals surface area contributed by atoms with Crippen LogP contribution in [0.5, 0.6) is 0 Å². The van der Waals surface area contributed by atoms with Gasteiger partial charge in [0.25, 0.3) is 0 Å². The van der Waals surface area contributed by atoms with Crippen molar-refractivity contribution in [2.75, 3.05) is 20.6 Å². The Kier molecular flexibility index (Phi) is 6.09. The Morgan fingerprint density at radius 2 is 1.83 bits per heavy atom. The summed E-state index contributed by atoms with van der Waals surface area (Å²) in [6.07, 6.45) is 2.97. The van der Waals surface area contributed by atoms with Crippen molar-refractivity contribution in [3.05, 3.63) is 0 Å². The van der Waals surface area contributed by atoms with E-state index in [9.17, 15) is 9.90 Å². The fourth-order valence-corrected chi connectivity index (χ4v) is 2.70. The molecule has 0 radical (unpaired) electrons. The van der Waals surface area contributed by atoms with Gasteiger partial charge in [0.05, 0.1) is 6.10 Å². The van der Waals surface area contributed by atoms with Gasteiger partial charge >= 0.3 is 0 Å². The molecular weight excluding hydrogens is 228 g/mol. The molecule has 18 heavy (non-hydrogen) atoms. The SMILES string of the molecule is CC(C)[C@@H](CNC(=O)C1CCC(O)CC1)N(C)C. The van der Waals surface area contributed by atoms with Crippen molar-refractivity contribution in [1.82, 2.24) is 10.2 Å². The van der Waals surface area contributed by atoms with E-state index >= 15 is 0 Å². The van der Waals surface area contributed by atoms with Crippen molar-refractivity contribution in [1.29, 1.82) is 0 Å². The van der Waals surface area contributed by atoms with Crippen molar-refractivity contribution in [2.24, 2.45) is 11.8 Å². The van der Waals surface area contributed by atoms with Gasteiger partial charge in [-0.15, -0.1) is 0 Å². The van der Waals surface area contributed by atoms with E-state index in [1.165, 1.54) is 0 Å². The van der Waals surface area contributed by atoms with Crippen LogP contribution in [0.4, 0.5) is 0 Å². The average Bonchev–Trinajstić information content (AvgIpc) is 2.28. The molecule has 1 rings (SSSR count). The highest BCUT2D eigenvalue weighted by Crippen LogP contribution is 2.24. The monoisotopic (exact) mass is 256 g/mol. The standard InChI is InChI=1S/C14H28N2O2/c1-10(2)13(16(3)4)9-15-14(18)11-5-7-12(17)8-6-11/h10-13,17H,5-9H2,1-4H3,(H,15,18)/t11?,12?,13-/m1/s1. The highest BCUT2D eigenvalue weighted by Gasteiger charge is 2.26. The topological polar surface area (TPSA) is 52.6 Å². The van der Waals surface area contributed by atoms with Crippen LogP contribution >= 0.6 is 0 Å². The minimum absolute atomic E-state index is 0.100. The van der Waals surface area contributed by atoms with E-state index in [-0.39, 0.29) is 17.9 Å². The fourth-order valence-electron chi connectivity index (χ4n) is 2.70. The third-order valence-corrected chi connectivity index (χ3v) is 3.99. The Hall–Kier alpha value is -0.610. The number of nitrogens with one attached hydrogen (secondary N) is 1. The van der Waals surface area contributed by atoms with Crippen LogP contribution in [-0.2, 0) is 4.79 Å². The summed E-state index contributed by atoms with van der Waals surface area (Å²) in [7, 11) is 4.10. The van der Waals surface area contributed by atoms with Gasteiger partial charge in [0.1, 0.15) is 0 Å². The molecule has 106 valence electrons. The first-order valence-corrected chi connectivity index (χ1v) is 7.04. The summed E-state index contributed by atoms with van der Waals surface area (Å²) in [5, 5.41) is 12.5. The van der Waals surface area contributed by atoms with Crippen LogP contribution in [0.2, 0.25) is 0 Å². The van der Waals surface area contributed by atoms with Crippen LogP contribution in [0, 0.1) is 11.8 Å². The van der Waals surface area contributed by atoms with Crippen LogP contribution in [-0.4, -0.2) is 48.7 Å². The summed E-state index contributed by atoms with van der Waals surface area (Å²) < 4.78 is 0. The van der Waals surface area contributed by atoms with E-state index in [0.717, 1.165) is 25.7 Å². The van der Waals surface area contributed by atoms with Crippen LogP contribution < -0.4 is 5.32 Å². The molecule has 0 saturated heterocycles. The highest BCUT2D eigenvalue weighted by atomic mass is 16.3. The van der Waals surface area contributed by atoms with Gasteiger partial charge < -0.3 is 15.3 Å². The van der Waals surface area contributed by atoms with E-state index in [0.29, 0.717) is 18.5 Å². The number of nitrogens with zero attached hydrogens (tertiary/aromatic N) is 1. The summed E-state index contributed by atoms with van der Waals surface area (Å²) >= 11 is 0. The molecule has 0 aliphatic heterocycles. The molecule has 2 N–H and O–H groups in total. The predicted octanol–water partition coefficient (Wildman–Crippen LogP) is 1.24. The molecule has 1 amide bonds. The largest absolute Gasteiger partial charge is 0.393 e. The molecule has 0 unspecified atom stereocenters. The molecule has 1 saturated carbocycles. The molecule has 4 nitrogen and oxygen atoms in total. The van der Waals surface area contributed by atoms with Gasteiger partial charge in [-0.3, -0.25) is 4.79 Å². The third kappa shape index (κ3) is 4.58. The Balaban J connectivity index is 2.36. The second-order valence-corrected chi connectivity index (χ2v) is 6.03. The van der Waals surface area contributed by atoms with Crippen molar-refractivity contribution in [2.45, 2.75) is 51.7 Å². The lowest BCUT2D eigenvalue weighted by molar-refractivity contribution is -0.126. The molecule has 0 spiro atoms. The maximum Gasteiger partial charge on any atom is 0.223 e. The normalized spacial score (nSPS) is 26.4. The van der Waals surface area contributed by atoms with Crippen molar-refractivity contribution < 1.29 is 9.90 Å². The molecule has 4 heteroatoms. The van der Waals surface area contributed by atoms with E-state index in [2.05, 4.69) is 24.1 Å². The minimum Gasteiger partial charge on any atom is -0.393 e. The maximum absolute atomic E-state index is 12.0. The molecular formula is C14H28N2O2. The number of carbonyl (C=O) groups is 1. The van der Waals surface area contributed by atoms with E-state index in [1.54, 1.807) is 0 Å². The lowest BCUT2D eigenvalue weighted by atomic mass is 9.87. The highest BCUT2D eigenvalue weighted by molar-refractivity contribution is 5.78. The Morgan fingerprint density at radius 1 is 1.28 bits per heavy atom. The zero-order chi connectivity index (χ0) is 13.7. The Morgan fingerprint density at radius 3 is 2.28 bits per heavy atom.